The number of hydrogen-bond acceptors (Lipinski definition) is 4. The summed E-state index contributed by atoms with van der Waals surface area (Å²) in [6, 6.07) is 0. The summed E-state index contributed by atoms with van der Waals surface area (Å²) in [5, 5.41) is 15.7. The largest absolute Gasteiger partial charge is 0.476 e. The van der Waals surface area contributed by atoms with Gasteiger partial charge in [-0.05, 0) is 6.54 Å². The van der Waals surface area contributed by atoms with Gasteiger partial charge >= 0.3 is 5.97 Å². The Morgan fingerprint density at radius 3 is 2.86 bits per heavy atom. The molecular weight excluding hydrogens is 191 g/mol. The first-order valence-corrected chi connectivity index (χ1v) is 4.12. The SMILES string of the molecule is NCCc1c(C(=O)O)nnn1CCF. The van der Waals surface area contributed by atoms with Crippen LogP contribution in [-0.4, -0.2) is 39.3 Å². The Kier molecular flexibility index (Phi) is 3.52. The molecule has 14 heavy (non-hydrogen) atoms. The van der Waals surface area contributed by atoms with E-state index in [2.05, 4.69) is 10.3 Å². The van der Waals surface area contributed by atoms with Gasteiger partial charge in [-0.15, -0.1) is 5.10 Å². The van der Waals surface area contributed by atoms with Gasteiger partial charge in [-0.2, -0.15) is 0 Å². The van der Waals surface area contributed by atoms with Gasteiger partial charge in [0.2, 0.25) is 0 Å². The summed E-state index contributed by atoms with van der Waals surface area (Å²) in [5.41, 5.74) is 5.52. The standard InChI is InChI=1S/C7H11FN4O2/c8-2-4-12-5(1-3-9)6(7(13)14)10-11-12/h1-4,9H2,(H,13,14). The Balaban J connectivity index is 3.00. The molecule has 1 heterocycles. The van der Waals surface area contributed by atoms with Crippen LogP contribution in [-0.2, 0) is 13.0 Å². The number of alkyl halides is 1. The highest BCUT2D eigenvalue weighted by atomic mass is 19.1. The number of aromatic carboxylic acids is 1. The predicted molar refractivity (Wildman–Crippen MR) is 45.7 cm³/mol. The summed E-state index contributed by atoms with van der Waals surface area (Å²) in [6.45, 7) is -0.324. The van der Waals surface area contributed by atoms with Crippen LogP contribution in [0.25, 0.3) is 0 Å². The van der Waals surface area contributed by atoms with E-state index in [1.807, 2.05) is 0 Å². The molecule has 0 radical (unpaired) electrons. The molecule has 0 atom stereocenters. The zero-order valence-corrected chi connectivity index (χ0v) is 7.48. The van der Waals surface area contributed by atoms with Gasteiger partial charge in [-0.25, -0.2) is 13.9 Å². The zero-order valence-electron chi connectivity index (χ0n) is 7.48. The maximum Gasteiger partial charge on any atom is 0.358 e. The molecule has 0 saturated carbocycles. The Hall–Kier alpha value is -1.50. The lowest BCUT2D eigenvalue weighted by Gasteiger charge is -2.02. The normalized spacial score (nSPS) is 10.4. The van der Waals surface area contributed by atoms with Gasteiger partial charge in [0.05, 0.1) is 12.2 Å². The van der Waals surface area contributed by atoms with Crippen molar-refractivity contribution in [3.05, 3.63) is 11.4 Å². The summed E-state index contributed by atoms with van der Waals surface area (Å²) in [4.78, 5) is 10.7. The van der Waals surface area contributed by atoms with Crippen LogP contribution in [0.3, 0.4) is 0 Å². The van der Waals surface area contributed by atoms with Crippen LogP contribution < -0.4 is 5.73 Å². The average molecular weight is 202 g/mol. The van der Waals surface area contributed by atoms with Crippen LogP contribution in [0.2, 0.25) is 0 Å². The second-order valence-corrected chi connectivity index (χ2v) is 2.64. The van der Waals surface area contributed by atoms with E-state index in [-0.39, 0.29) is 18.8 Å². The second kappa shape index (κ2) is 4.66. The smallest absolute Gasteiger partial charge is 0.358 e. The number of nitrogens with two attached hydrogens (primary N) is 1. The number of nitrogens with zero attached hydrogens (tertiary/aromatic N) is 3. The Morgan fingerprint density at radius 1 is 1.64 bits per heavy atom. The first kappa shape index (κ1) is 10.6. The van der Waals surface area contributed by atoms with Gasteiger partial charge < -0.3 is 10.8 Å². The third kappa shape index (κ3) is 2.05. The van der Waals surface area contributed by atoms with E-state index in [0.29, 0.717) is 12.1 Å². The molecule has 0 fully saturated rings. The van der Waals surface area contributed by atoms with Crippen LogP contribution >= 0.6 is 0 Å². The molecule has 0 aliphatic carbocycles. The molecule has 6 nitrogen and oxygen atoms in total. The van der Waals surface area contributed by atoms with E-state index in [4.69, 9.17) is 10.8 Å². The highest BCUT2D eigenvalue weighted by Gasteiger charge is 2.17. The van der Waals surface area contributed by atoms with Gasteiger partial charge in [0, 0.05) is 6.42 Å². The first-order valence-electron chi connectivity index (χ1n) is 4.12. The molecule has 0 saturated heterocycles. The number of halogens is 1. The van der Waals surface area contributed by atoms with Crippen molar-refractivity contribution in [3.8, 4) is 0 Å². The maximum absolute atomic E-state index is 12.0. The van der Waals surface area contributed by atoms with E-state index >= 15 is 0 Å². The van der Waals surface area contributed by atoms with Crippen molar-refractivity contribution in [1.82, 2.24) is 15.0 Å². The number of aryl methyl sites for hydroxylation is 1. The Morgan fingerprint density at radius 2 is 2.36 bits per heavy atom. The number of carboxylic acid groups (broad SMARTS) is 1. The lowest BCUT2D eigenvalue weighted by atomic mass is 10.2. The van der Waals surface area contributed by atoms with Crippen molar-refractivity contribution in [2.45, 2.75) is 13.0 Å². The number of aromatic nitrogens is 3. The third-order valence-corrected chi connectivity index (χ3v) is 1.72. The molecule has 1 aromatic rings. The highest BCUT2D eigenvalue weighted by molar-refractivity contribution is 5.86. The third-order valence-electron chi connectivity index (χ3n) is 1.72. The van der Waals surface area contributed by atoms with Crippen molar-refractivity contribution in [2.24, 2.45) is 5.73 Å². The monoisotopic (exact) mass is 202 g/mol. The van der Waals surface area contributed by atoms with E-state index in [1.165, 1.54) is 4.68 Å². The van der Waals surface area contributed by atoms with Gasteiger partial charge in [-0.3, -0.25) is 0 Å². The fraction of sp³-hybridized carbons (Fsp3) is 0.571. The minimum absolute atomic E-state index is 0.00954. The quantitative estimate of drug-likeness (QED) is 0.667. The molecule has 1 aromatic heterocycles. The summed E-state index contributed by atoms with van der Waals surface area (Å²) in [7, 11) is 0. The molecule has 0 spiro atoms. The van der Waals surface area contributed by atoms with Crippen LogP contribution in [0.5, 0.6) is 0 Å². The maximum atomic E-state index is 12.0. The molecular formula is C7H11FN4O2. The topological polar surface area (TPSA) is 94.0 Å². The lowest BCUT2D eigenvalue weighted by Crippen LogP contribution is -2.14. The van der Waals surface area contributed by atoms with Crippen LogP contribution in [0, 0.1) is 0 Å². The summed E-state index contributed by atoms with van der Waals surface area (Å²) in [6.07, 6.45) is 0.328. The van der Waals surface area contributed by atoms with E-state index < -0.39 is 12.6 Å². The fourth-order valence-corrected chi connectivity index (χ4v) is 1.14. The molecule has 3 N–H and O–H groups in total. The Bertz CT molecular complexity index is 325. The number of carboxylic acids is 1. The summed E-state index contributed by atoms with van der Waals surface area (Å²) < 4.78 is 13.3. The number of hydrogen-bond donors (Lipinski definition) is 2. The minimum atomic E-state index is -1.17. The van der Waals surface area contributed by atoms with Crippen molar-refractivity contribution >= 4 is 5.97 Å². The van der Waals surface area contributed by atoms with E-state index in [0.717, 1.165) is 0 Å². The van der Waals surface area contributed by atoms with Crippen molar-refractivity contribution < 1.29 is 14.3 Å². The fourth-order valence-electron chi connectivity index (χ4n) is 1.14. The average Bonchev–Trinajstić information content (AvgIpc) is 2.50. The van der Waals surface area contributed by atoms with Gasteiger partial charge in [0.1, 0.15) is 6.67 Å². The molecule has 0 aliphatic heterocycles. The lowest BCUT2D eigenvalue weighted by molar-refractivity contribution is 0.0689. The highest BCUT2D eigenvalue weighted by Crippen LogP contribution is 2.06. The van der Waals surface area contributed by atoms with Gasteiger partial charge in [0.15, 0.2) is 5.69 Å². The van der Waals surface area contributed by atoms with E-state index in [9.17, 15) is 9.18 Å². The predicted octanol–water partition coefficient (Wildman–Crippen LogP) is -0.553. The second-order valence-electron chi connectivity index (χ2n) is 2.64. The molecule has 0 amide bonds. The van der Waals surface area contributed by atoms with Crippen LogP contribution in [0.4, 0.5) is 4.39 Å². The molecule has 1 rings (SSSR count). The zero-order chi connectivity index (χ0) is 10.6. The molecule has 7 heteroatoms. The van der Waals surface area contributed by atoms with Crippen molar-refractivity contribution in [3.63, 3.8) is 0 Å². The summed E-state index contributed by atoms with van der Waals surface area (Å²) in [5.74, 6) is -1.17. The van der Waals surface area contributed by atoms with Crippen molar-refractivity contribution in [1.29, 1.82) is 0 Å². The molecule has 78 valence electrons. The van der Waals surface area contributed by atoms with Crippen molar-refractivity contribution in [2.75, 3.05) is 13.2 Å². The minimum Gasteiger partial charge on any atom is -0.476 e. The van der Waals surface area contributed by atoms with Crippen LogP contribution in [0.1, 0.15) is 16.2 Å². The van der Waals surface area contributed by atoms with E-state index in [1.54, 1.807) is 0 Å². The number of carbonyl (C=O) groups is 1. The molecule has 0 unspecified atom stereocenters. The molecule has 0 aromatic carbocycles. The summed E-state index contributed by atoms with van der Waals surface area (Å²) >= 11 is 0. The molecule has 0 aliphatic rings. The molecule has 0 bridgehead atoms. The van der Waals surface area contributed by atoms with Gasteiger partial charge in [0.25, 0.3) is 0 Å². The van der Waals surface area contributed by atoms with Crippen LogP contribution in [0.15, 0.2) is 0 Å². The number of rotatable bonds is 5. The van der Waals surface area contributed by atoms with Gasteiger partial charge in [-0.1, -0.05) is 5.21 Å². The Labute approximate surface area is 79.5 Å². The first-order chi connectivity index (χ1) is 6.70.